The smallest absolute Gasteiger partial charge is 0.258 e. The van der Waals surface area contributed by atoms with Crippen LogP contribution in [0.1, 0.15) is 48.5 Å². The predicted molar refractivity (Wildman–Crippen MR) is 116 cm³/mol. The van der Waals surface area contributed by atoms with Crippen molar-refractivity contribution in [2.45, 2.75) is 44.9 Å². The molecule has 1 spiro atoms. The fraction of sp³-hybridized carbons (Fsp3) is 0.440. The van der Waals surface area contributed by atoms with Gasteiger partial charge in [0.25, 0.3) is 5.91 Å². The number of benzene rings is 2. The number of amides is 2. The normalized spacial score (nSPS) is 30.8. The molecule has 3 aliphatic carbocycles. The second-order valence-corrected chi connectivity index (χ2v) is 9.37. The first kappa shape index (κ1) is 19.9. The SMILES string of the molecule is COc1cccc(CNC(=O)C2CC3CCC2(C)CC32NC(=O)c3ccccc3O2)c1. The molecule has 6 rings (SSSR count). The van der Waals surface area contributed by atoms with Crippen LogP contribution in [-0.2, 0) is 11.3 Å². The zero-order valence-corrected chi connectivity index (χ0v) is 17.9. The molecule has 6 heteroatoms. The van der Waals surface area contributed by atoms with Gasteiger partial charge in [0.2, 0.25) is 5.91 Å². The molecule has 3 saturated carbocycles. The Kier molecular flexibility index (Phi) is 4.68. The fourth-order valence-corrected chi connectivity index (χ4v) is 5.75. The van der Waals surface area contributed by atoms with Crippen molar-refractivity contribution in [2.24, 2.45) is 17.3 Å². The van der Waals surface area contributed by atoms with Gasteiger partial charge in [0.1, 0.15) is 11.5 Å². The van der Waals surface area contributed by atoms with Gasteiger partial charge in [-0.3, -0.25) is 9.59 Å². The third-order valence-electron chi connectivity index (χ3n) is 7.42. The molecular formula is C25H28N2O4. The van der Waals surface area contributed by atoms with Crippen LogP contribution in [0.4, 0.5) is 0 Å². The molecule has 2 N–H and O–H groups in total. The molecule has 162 valence electrons. The highest BCUT2D eigenvalue weighted by molar-refractivity contribution is 5.98. The van der Waals surface area contributed by atoms with E-state index in [-0.39, 0.29) is 29.1 Å². The Morgan fingerprint density at radius 1 is 1.26 bits per heavy atom. The van der Waals surface area contributed by atoms with E-state index >= 15 is 0 Å². The molecule has 2 bridgehead atoms. The first-order valence-corrected chi connectivity index (χ1v) is 10.9. The molecule has 31 heavy (non-hydrogen) atoms. The summed E-state index contributed by atoms with van der Waals surface area (Å²) >= 11 is 0. The minimum absolute atomic E-state index is 0.0763. The molecule has 2 aromatic carbocycles. The Labute approximate surface area is 182 Å². The highest BCUT2D eigenvalue weighted by Gasteiger charge is 2.61. The van der Waals surface area contributed by atoms with E-state index in [9.17, 15) is 9.59 Å². The Morgan fingerprint density at radius 2 is 2.10 bits per heavy atom. The van der Waals surface area contributed by atoms with E-state index in [1.54, 1.807) is 13.2 Å². The highest BCUT2D eigenvalue weighted by Crippen LogP contribution is 2.58. The average Bonchev–Trinajstić information content (AvgIpc) is 2.77. The molecule has 1 aliphatic heterocycles. The molecular weight excluding hydrogens is 392 g/mol. The third kappa shape index (κ3) is 3.34. The number of methoxy groups -OCH3 is 1. The average molecular weight is 421 g/mol. The second-order valence-electron chi connectivity index (χ2n) is 9.37. The maximum Gasteiger partial charge on any atom is 0.258 e. The maximum atomic E-state index is 13.2. The predicted octanol–water partition coefficient (Wildman–Crippen LogP) is 3.66. The zero-order chi connectivity index (χ0) is 21.6. The lowest BCUT2D eigenvalue weighted by Crippen LogP contribution is -2.69. The van der Waals surface area contributed by atoms with Gasteiger partial charge in [0.05, 0.1) is 12.7 Å². The zero-order valence-electron chi connectivity index (χ0n) is 17.9. The summed E-state index contributed by atoms with van der Waals surface area (Å²) in [5.74, 6) is 1.42. The molecule has 0 aromatic heterocycles. The number of fused-ring (bicyclic) bond motifs is 3. The highest BCUT2D eigenvalue weighted by atomic mass is 16.5. The third-order valence-corrected chi connectivity index (χ3v) is 7.42. The molecule has 4 aliphatic rings. The van der Waals surface area contributed by atoms with Gasteiger partial charge < -0.3 is 20.1 Å². The van der Waals surface area contributed by atoms with Crippen LogP contribution in [0.3, 0.4) is 0 Å². The van der Waals surface area contributed by atoms with Crippen LogP contribution in [0.25, 0.3) is 0 Å². The van der Waals surface area contributed by atoms with Crippen LogP contribution in [0.2, 0.25) is 0 Å². The van der Waals surface area contributed by atoms with Crippen molar-refractivity contribution in [1.29, 1.82) is 0 Å². The summed E-state index contributed by atoms with van der Waals surface area (Å²) in [7, 11) is 1.64. The van der Waals surface area contributed by atoms with Crippen molar-refractivity contribution in [1.82, 2.24) is 10.6 Å². The first-order valence-electron chi connectivity index (χ1n) is 10.9. The quantitative estimate of drug-likeness (QED) is 0.792. The summed E-state index contributed by atoms with van der Waals surface area (Å²) in [6, 6.07) is 15.1. The van der Waals surface area contributed by atoms with E-state index in [1.165, 1.54) is 0 Å². The van der Waals surface area contributed by atoms with Gasteiger partial charge in [-0.05, 0) is 54.5 Å². The monoisotopic (exact) mass is 420 g/mol. The van der Waals surface area contributed by atoms with Gasteiger partial charge in [0.15, 0.2) is 5.72 Å². The minimum atomic E-state index is -0.720. The van der Waals surface area contributed by atoms with Crippen LogP contribution >= 0.6 is 0 Å². The van der Waals surface area contributed by atoms with E-state index < -0.39 is 5.72 Å². The van der Waals surface area contributed by atoms with Crippen molar-refractivity contribution in [3.63, 3.8) is 0 Å². The van der Waals surface area contributed by atoms with Crippen molar-refractivity contribution in [3.05, 3.63) is 59.7 Å². The first-order chi connectivity index (χ1) is 14.9. The Bertz CT molecular complexity index is 1040. The molecule has 0 saturated heterocycles. The van der Waals surface area contributed by atoms with Crippen molar-refractivity contribution >= 4 is 11.8 Å². The van der Waals surface area contributed by atoms with Gasteiger partial charge in [-0.1, -0.05) is 31.2 Å². The topological polar surface area (TPSA) is 76.7 Å². The standard InChI is InChI=1S/C25H28N2O4/c1-24-11-10-17(25(15-24)27-22(28)19-8-3-4-9-21(19)31-25)13-20(24)23(29)26-14-16-6-5-7-18(12-16)30-2/h3-9,12,17,20H,10-11,13-15H2,1-2H3,(H,26,29)(H,27,28). The number of ether oxygens (including phenoxy) is 2. The summed E-state index contributed by atoms with van der Waals surface area (Å²) < 4.78 is 11.7. The van der Waals surface area contributed by atoms with E-state index in [4.69, 9.17) is 9.47 Å². The lowest BCUT2D eigenvalue weighted by atomic mass is 9.52. The number of rotatable bonds is 4. The Morgan fingerprint density at radius 3 is 2.90 bits per heavy atom. The van der Waals surface area contributed by atoms with Crippen molar-refractivity contribution in [3.8, 4) is 11.5 Å². The molecule has 6 nitrogen and oxygen atoms in total. The van der Waals surface area contributed by atoms with Gasteiger partial charge in [-0.15, -0.1) is 0 Å². The van der Waals surface area contributed by atoms with Crippen molar-refractivity contribution in [2.75, 3.05) is 7.11 Å². The van der Waals surface area contributed by atoms with E-state index in [2.05, 4.69) is 17.6 Å². The van der Waals surface area contributed by atoms with E-state index in [0.717, 1.165) is 24.2 Å². The molecule has 1 heterocycles. The lowest BCUT2D eigenvalue weighted by Gasteiger charge is -2.59. The van der Waals surface area contributed by atoms with Crippen molar-refractivity contribution < 1.29 is 19.1 Å². The number of para-hydroxylation sites is 1. The number of nitrogens with one attached hydrogen (secondary N) is 2. The Balaban J connectivity index is 1.32. The van der Waals surface area contributed by atoms with Gasteiger partial charge in [0, 0.05) is 24.8 Å². The summed E-state index contributed by atoms with van der Waals surface area (Å²) in [6.45, 7) is 2.63. The lowest BCUT2D eigenvalue weighted by molar-refractivity contribution is -0.167. The molecule has 0 radical (unpaired) electrons. The van der Waals surface area contributed by atoms with Crippen LogP contribution in [0.5, 0.6) is 11.5 Å². The minimum Gasteiger partial charge on any atom is -0.497 e. The number of carbonyl (C=O) groups excluding carboxylic acids is 2. The van der Waals surface area contributed by atoms with Crippen LogP contribution in [0.15, 0.2) is 48.5 Å². The van der Waals surface area contributed by atoms with Crippen LogP contribution in [-0.4, -0.2) is 24.6 Å². The van der Waals surface area contributed by atoms with Gasteiger partial charge >= 0.3 is 0 Å². The van der Waals surface area contributed by atoms with E-state index in [0.29, 0.717) is 30.7 Å². The number of hydrogen-bond donors (Lipinski definition) is 2. The maximum absolute atomic E-state index is 13.2. The molecule has 2 amide bonds. The Hall–Kier alpha value is -3.02. The summed E-state index contributed by atoms with van der Waals surface area (Å²) in [4.78, 5) is 26.0. The van der Waals surface area contributed by atoms with Crippen LogP contribution < -0.4 is 20.1 Å². The molecule has 2 aromatic rings. The van der Waals surface area contributed by atoms with E-state index in [1.807, 2.05) is 42.5 Å². The van der Waals surface area contributed by atoms with Crippen LogP contribution in [0, 0.1) is 17.3 Å². The largest absolute Gasteiger partial charge is 0.497 e. The number of hydrogen-bond acceptors (Lipinski definition) is 4. The van der Waals surface area contributed by atoms with Gasteiger partial charge in [-0.2, -0.15) is 0 Å². The summed E-state index contributed by atoms with van der Waals surface area (Å²) in [5, 5.41) is 6.29. The summed E-state index contributed by atoms with van der Waals surface area (Å²) in [5.41, 5.74) is 0.636. The molecule has 4 unspecified atom stereocenters. The summed E-state index contributed by atoms with van der Waals surface area (Å²) in [6.07, 6.45) is 3.25. The number of carbonyl (C=O) groups is 2. The molecule has 4 atom stereocenters. The fourth-order valence-electron chi connectivity index (χ4n) is 5.75. The second kappa shape index (κ2) is 7.29. The van der Waals surface area contributed by atoms with Gasteiger partial charge in [-0.25, -0.2) is 0 Å². The molecule has 3 fully saturated rings.